The van der Waals surface area contributed by atoms with Crippen molar-refractivity contribution in [3.63, 3.8) is 0 Å². The van der Waals surface area contributed by atoms with Crippen LogP contribution in [0.5, 0.6) is 0 Å². The Morgan fingerprint density at radius 1 is 1.10 bits per heavy atom. The highest BCUT2D eigenvalue weighted by Crippen LogP contribution is 2.32. The van der Waals surface area contributed by atoms with Gasteiger partial charge in [0.15, 0.2) is 0 Å². The topological polar surface area (TPSA) is 58.2 Å². The van der Waals surface area contributed by atoms with E-state index in [0.29, 0.717) is 5.69 Å². The first-order valence-corrected chi connectivity index (χ1v) is 8.82. The highest BCUT2D eigenvalue weighted by molar-refractivity contribution is 7.92. The Labute approximate surface area is 125 Å². The SMILES string of the molecule is CS(=O)(=O)Nc1ccc(C2CCc3ccccc3N2)cc1. The maximum absolute atomic E-state index is 11.2. The monoisotopic (exact) mass is 302 g/mol. The molecule has 0 saturated heterocycles. The fourth-order valence-corrected chi connectivity index (χ4v) is 3.25. The Bertz CT molecular complexity index is 739. The minimum atomic E-state index is -3.22. The molecule has 4 nitrogen and oxygen atoms in total. The molecule has 1 heterocycles. The van der Waals surface area contributed by atoms with Crippen LogP contribution < -0.4 is 10.0 Å². The van der Waals surface area contributed by atoms with E-state index in [-0.39, 0.29) is 6.04 Å². The summed E-state index contributed by atoms with van der Waals surface area (Å²) in [6.07, 6.45) is 3.24. The van der Waals surface area contributed by atoms with Crippen molar-refractivity contribution in [3.8, 4) is 0 Å². The van der Waals surface area contributed by atoms with E-state index in [1.165, 1.54) is 16.8 Å². The Morgan fingerprint density at radius 2 is 1.81 bits per heavy atom. The zero-order valence-electron chi connectivity index (χ0n) is 11.8. The van der Waals surface area contributed by atoms with Crippen LogP contribution in [0.1, 0.15) is 23.6 Å². The van der Waals surface area contributed by atoms with E-state index < -0.39 is 10.0 Å². The molecule has 1 aliphatic rings. The number of rotatable bonds is 3. The van der Waals surface area contributed by atoms with E-state index in [9.17, 15) is 8.42 Å². The first-order valence-electron chi connectivity index (χ1n) is 6.93. The summed E-state index contributed by atoms with van der Waals surface area (Å²) in [5, 5.41) is 3.54. The molecule has 1 unspecified atom stereocenters. The molecule has 1 atom stereocenters. The second kappa shape index (κ2) is 5.41. The van der Waals surface area contributed by atoms with E-state index in [1.807, 2.05) is 18.2 Å². The van der Waals surface area contributed by atoms with Crippen LogP contribution in [0.25, 0.3) is 0 Å². The molecule has 3 rings (SSSR count). The van der Waals surface area contributed by atoms with Crippen molar-refractivity contribution in [1.29, 1.82) is 0 Å². The molecule has 5 heteroatoms. The minimum absolute atomic E-state index is 0.271. The van der Waals surface area contributed by atoms with Gasteiger partial charge in [-0.05, 0) is 42.2 Å². The van der Waals surface area contributed by atoms with Gasteiger partial charge in [-0.15, -0.1) is 0 Å². The Balaban J connectivity index is 1.77. The third kappa shape index (κ3) is 3.36. The van der Waals surface area contributed by atoms with Crippen LogP contribution in [0.15, 0.2) is 48.5 Å². The molecule has 0 aromatic heterocycles. The van der Waals surface area contributed by atoms with Gasteiger partial charge in [-0.2, -0.15) is 0 Å². The van der Waals surface area contributed by atoms with Crippen molar-refractivity contribution < 1.29 is 8.42 Å². The summed E-state index contributed by atoms with van der Waals surface area (Å²) >= 11 is 0. The Hall–Kier alpha value is -2.01. The van der Waals surface area contributed by atoms with E-state index in [4.69, 9.17) is 0 Å². The number of anilines is 2. The van der Waals surface area contributed by atoms with E-state index in [2.05, 4.69) is 28.2 Å². The van der Waals surface area contributed by atoms with Crippen molar-refractivity contribution in [2.75, 3.05) is 16.3 Å². The van der Waals surface area contributed by atoms with Crippen LogP contribution in [0.2, 0.25) is 0 Å². The average Bonchev–Trinajstić information content (AvgIpc) is 2.46. The lowest BCUT2D eigenvalue weighted by atomic mass is 9.93. The van der Waals surface area contributed by atoms with Crippen molar-refractivity contribution in [2.24, 2.45) is 0 Å². The van der Waals surface area contributed by atoms with Gasteiger partial charge in [0, 0.05) is 11.4 Å². The molecule has 2 aromatic rings. The van der Waals surface area contributed by atoms with Gasteiger partial charge in [0.2, 0.25) is 10.0 Å². The number of fused-ring (bicyclic) bond motifs is 1. The molecule has 0 aliphatic carbocycles. The summed E-state index contributed by atoms with van der Waals surface area (Å²) in [6, 6.07) is 16.2. The van der Waals surface area contributed by atoms with Gasteiger partial charge in [0.1, 0.15) is 0 Å². The number of para-hydroxylation sites is 1. The van der Waals surface area contributed by atoms with Crippen LogP contribution >= 0.6 is 0 Å². The normalized spacial score (nSPS) is 17.7. The fraction of sp³-hybridized carbons (Fsp3) is 0.250. The maximum atomic E-state index is 11.2. The quantitative estimate of drug-likeness (QED) is 0.915. The maximum Gasteiger partial charge on any atom is 0.229 e. The third-order valence-corrected chi connectivity index (χ3v) is 4.27. The average molecular weight is 302 g/mol. The molecule has 0 bridgehead atoms. The predicted octanol–water partition coefficient (Wildman–Crippen LogP) is 3.16. The number of hydrogen-bond acceptors (Lipinski definition) is 3. The van der Waals surface area contributed by atoms with Gasteiger partial charge in [-0.1, -0.05) is 30.3 Å². The number of benzene rings is 2. The minimum Gasteiger partial charge on any atom is -0.378 e. The lowest BCUT2D eigenvalue weighted by Gasteiger charge is -2.27. The number of sulfonamides is 1. The van der Waals surface area contributed by atoms with Crippen molar-refractivity contribution in [2.45, 2.75) is 18.9 Å². The van der Waals surface area contributed by atoms with E-state index in [0.717, 1.165) is 19.1 Å². The third-order valence-electron chi connectivity index (χ3n) is 3.67. The molecular formula is C16H18N2O2S. The summed E-state index contributed by atoms with van der Waals surface area (Å²) in [5.74, 6) is 0. The molecule has 0 saturated carbocycles. The molecule has 0 radical (unpaired) electrons. The summed E-state index contributed by atoms with van der Waals surface area (Å²) < 4.78 is 24.9. The van der Waals surface area contributed by atoms with Gasteiger partial charge >= 0.3 is 0 Å². The molecule has 0 amide bonds. The summed E-state index contributed by atoms with van der Waals surface area (Å²) in [7, 11) is -3.22. The summed E-state index contributed by atoms with van der Waals surface area (Å²) in [6.45, 7) is 0. The number of hydrogen-bond donors (Lipinski definition) is 2. The van der Waals surface area contributed by atoms with Crippen LogP contribution in [0.3, 0.4) is 0 Å². The second-order valence-corrected chi connectivity index (χ2v) is 7.14. The highest BCUT2D eigenvalue weighted by Gasteiger charge is 2.18. The van der Waals surface area contributed by atoms with Crippen LogP contribution in [-0.4, -0.2) is 14.7 Å². The molecule has 21 heavy (non-hydrogen) atoms. The van der Waals surface area contributed by atoms with Gasteiger partial charge in [-0.3, -0.25) is 4.72 Å². The van der Waals surface area contributed by atoms with Crippen molar-refractivity contribution >= 4 is 21.4 Å². The Morgan fingerprint density at radius 3 is 2.52 bits per heavy atom. The van der Waals surface area contributed by atoms with Crippen LogP contribution in [0, 0.1) is 0 Å². The van der Waals surface area contributed by atoms with Crippen LogP contribution in [0.4, 0.5) is 11.4 Å². The summed E-state index contributed by atoms with van der Waals surface area (Å²) in [5.41, 5.74) is 4.30. The first kappa shape index (κ1) is 13.9. The van der Waals surface area contributed by atoms with Crippen molar-refractivity contribution in [1.82, 2.24) is 0 Å². The lowest BCUT2D eigenvalue weighted by Crippen LogP contribution is -2.18. The molecule has 110 valence electrons. The number of nitrogens with one attached hydrogen (secondary N) is 2. The second-order valence-electron chi connectivity index (χ2n) is 5.39. The molecule has 0 fully saturated rings. The van der Waals surface area contributed by atoms with Crippen LogP contribution in [-0.2, 0) is 16.4 Å². The Kier molecular flexibility index (Phi) is 3.59. The first-order chi connectivity index (χ1) is 10.0. The fourth-order valence-electron chi connectivity index (χ4n) is 2.69. The molecular weight excluding hydrogens is 284 g/mol. The number of aryl methyl sites for hydroxylation is 1. The molecule has 1 aliphatic heterocycles. The lowest BCUT2D eigenvalue weighted by molar-refractivity contribution is 0.607. The zero-order chi connectivity index (χ0) is 14.9. The van der Waals surface area contributed by atoms with Gasteiger partial charge in [-0.25, -0.2) is 8.42 Å². The smallest absolute Gasteiger partial charge is 0.229 e. The predicted molar refractivity (Wildman–Crippen MR) is 86.0 cm³/mol. The van der Waals surface area contributed by atoms with E-state index in [1.54, 1.807) is 12.1 Å². The summed E-state index contributed by atoms with van der Waals surface area (Å²) in [4.78, 5) is 0. The van der Waals surface area contributed by atoms with Gasteiger partial charge < -0.3 is 5.32 Å². The standard InChI is InChI=1S/C16H18N2O2S/c1-21(19,20)18-14-9-6-13(7-10-14)16-11-8-12-4-2-3-5-15(12)17-16/h2-7,9-10,16-18H,8,11H2,1H3. The van der Waals surface area contributed by atoms with Crippen molar-refractivity contribution in [3.05, 3.63) is 59.7 Å². The van der Waals surface area contributed by atoms with E-state index >= 15 is 0 Å². The molecule has 2 N–H and O–H groups in total. The zero-order valence-corrected chi connectivity index (χ0v) is 12.7. The largest absolute Gasteiger partial charge is 0.378 e. The van der Waals surface area contributed by atoms with Gasteiger partial charge in [0.25, 0.3) is 0 Å². The molecule has 0 spiro atoms. The van der Waals surface area contributed by atoms with Gasteiger partial charge in [0.05, 0.1) is 12.3 Å². The highest BCUT2D eigenvalue weighted by atomic mass is 32.2. The molecule has 2 aromatic carbocycles.